The molecule has 6 heteroatoms. The Morgan fingerprint density at radius 2 is 1.62 bits per heavy atom. The molecule has 0 aliphatic carbocycles. The molecule has 1 unspecified atom stereocenters. The van der Waals surface area contributed by atoms with E-state index in [1.165, 1.54) is 12.1 Å². The van der Waals surface area contributed by atoms with Gasteiger partial charge in [0.1, 0.15) is 5.75 Å². The molecule has 4 nitrogen and oxygen atoms in total. The Bertz CT molecular complexity index is 582. The second kappa shape index (κ2) is 6.47. The first-order valence-corrected chi connectivity index (χ1v) is 6.57. The van der Waals surface area contributed by atoms with E-state index in [2.05, 4.69) is 20.0 Å². The Morgan fingerprint density at radius 1 is 1.05 bits per heavy atom. The number of hydrogen-bond acceptors (Lipinski definition) is 4. The van der Waals surface area contributed by atoms with Crippen LogP contribution < -0.4 is 10.1 Å². The first kappa shape index (κ1) is 15.2. The first-order chi connectivity index (χ1) is 9.94. The lowest BCUT2D eigenvalue weighted by atomic mass is 10.1. The van der Waals surface area contributed by atoms with Crippen LogP contribution in [0.25, 0.3) is 0 Å². The topological polar surface area (TPSA) is 47.0 Å². The van der Waals surface area contributed by atoms with Crippen LogP contribution in [-0.4, -0.2) is 16.6 Å². The molecule has 1 atom stereocenters. The van der Waals surface area contributed by atoms with Crippen molar-refractivity contribution in [1.29, 1.82) is 0 Å². The van der Waals surface area contributed by atoms with Crippen molar-refractivity contribution >= 4 is 5.95 Å². The minimum Gasteiger partial charge on any atom is -0.435 e. The van der Waals surface area contributed by atoms with Crippen LogP contribution in [0.1, 0.15) is 29.9 Å². The highest BCUT2D eigenvalue weighted by Gasteiger charge is 2.09. The Balaban J connectivity index is 2.07. The van der Waals surface area contributed by atoms with E-state index in [4.69, 9.17) is 0 Å². The molecular weight excluding hydrogens is 276 g/mol. The molecule has 0 aliphatic heterocycles. The molecule has 2 rings (SSSR count). The Morgan fingerprint density at radius 3 is 2.14 bits per heavy atom. The number of aromatic nitrogens is 2. The molecule has 112 valence electrons. The van der Waals surface area contributed by atoms with Gasteiger partial charge in [0.15, 0.2) is 0 Å². The number of anilines is 1. The fraction of sp³-hybridized carbons (Fsp3) is 0.333. The maximum atomic E-state index is 12.1. The summed E-state index contributed by atoms with van der Waals surface area (Å²) < 4.78 is 28.5. The largest absolute Gasteiger partial charge is 0.435 e. The third-order valence-electron chi connectivity index (χ3n) is 2.93. The van der Waals surface area contributed by atoms with Gasteiger partial charge >= 0.3 is 6.61 Å². The standard InChI is InChI=1S/C15H17F2N3O/c1-9-8-10(2)19-15(18-9)20-11(3)12-4-6-13(7-5-12)21-14(16)17/h4-8,11,14H,1-3H3,(H,18,19,20). The van der Waals surface area contributed by atoms with Crippen LogP contribution in [-0.2, 0) is 0 Å². The van der Waals surface area contributed by atoms with Gasteiger partial charge in [-0.3, -0.25) is 0 Å². The van der Waals surface area contributed by atoms with Crippen molar-refractivity contribution in [3.63, 3.8) is 0 Å². The highest BCUT2D eigenvalue weighted by atomic mass is 19.3. The number of nitrogens with zero attached hydrogens (tertiary/aromatic N) is 2. The van der Waals surface area contributed by atoms with Gasteiger partial charge in [-0.2, -0.15) is 8.78 Å². The van der Waals surface area contributed by atoms with E-state index in [1.807, 2.05) is 26.8 Å². The van der Waals surface area contributed by atoms with E-state index in [1.54, 1.807) is 12.1 Å². The summed E-state index contributed by atoms with van der Waals surface area (Å²) >= 11 is 0. The van der Waals surface area contributed by atoms with Crippen molar-refractivity contribution in [2.75, 3.05) is 5.32 Å². The molecule has 1 heterocycles. The number of ether oxygens (including phenoxy) is 1. The van der Waals surface area contributed by atoms with E-state index in [0.29, 0.717) is 5.95 Å². The number of alkyl halides is 2. The van der Waals surface area contributed by atoms with Crippen LogP contribution >= 0.6 is 0 Å². The number of aryl methyl sites for hydroxylation is 2. The number of benzene rings is 1. The van der Waals surface area contributed by atoms with Crippen LogP contribution in [0.15, 0.2) is 30.3 Å². The Hall–Kier alpha value is -2.24. The van der Waals surface area contributed by atoms with E-state index < -0.39 is 6.61 Å². The molecule has 0 spiro atoms. The molecule has 1 aromatic carbocycles. The maximum Gasteiger partial charge on any atom is 0.387 e. The minimum absolute atomic E-state index is 0.0493. The average Bonchev–Trinajstić information content (AvgIpc) is 2.37. The van der Waals surface area contributed by atoms with Crippen molar-refractivity contribution in [2.24, 2.45) is 0 Å². The predicted octanol–water partition coefficient (Wildman–Crippen LogP) is 3.87. The van der Waals surface area contributed by atoms with Gasteiger partial charge in [0, 0.05) is 11.4 Å². The van der Waals surface area contributed by atoms with E-state index in [0.717, 1.165) is 17.0 Å². The van der Waals surface area contributed by atoms with Crippen molar-refractivity contribution in [2.45, 2.75) is 33.4 Å². The van der Waals surface area contributed by atoms with Gasteiger partial charge in [-0.15, -0.1) is 0 Å². The van der Waals surface area contributed by atoms with Crippen LogP contribution in [0, 0.1) is 13.8 Å². The highest BCUT2D eigenvalue weighted by molar-refractivity contribution is 5.35. The number of halogens is 2. The van der Waals surface area contributed by atoms with Crippen LogP contribution in [0.3, 0.4) is 0 Å². The van der Waals surface area contributed by atoms with Crippen LogP contribution in [0.2, 0.25) is 0 Å². The minimum atomic E-state index is -2.81. The van der Waals surface area contributed by atoms with Gasteiger partial charge in [-0.25, -0.2) is 9.97 Å². The third kappa shape index (κ3) is 4.37. The summed E-state index contributed by atoms with van der Waals surface area (Å²) in [5, 5.41) is 3.19. The molecule has 0 fully saturated rings. The summed E-state index contributed by atoms with van der Waals surface area (Å²) in [6, 6.07) is 8.35. The number of hydrogen-bond donors (Lipinski definition) is 1. The maximum absolute atomic E-state index is 12.1. The first-order valence-electron chi connectivity index (χ1n) is 6.57. The van der Waals surface area contributed by atoms with Crippen molar-refractivity contribution in [1.82, 2.24) is 9.97 Å². The van der Waals surface area contributed by atoms with Crippen molar-refractivity contribution in [3.05, 3.63) is 47.3 Å². The highest BCUT2D eigenvalue weighted by Crippen LogP contribution is 2.21. The van der Waals surface area contributed by atoms with Gasteiger partial charge in [-0.1, -0.05) is 12.1 Å². The molecule has 0 saturated heterocycles. The summed E-state index contributed by atoms with van der Waals surface area (Å²) in [6.45, 7) is 2.95. The number of rotatable bonds is 5. The summed E-state index contributed by atoms with van der Waals surface area (Å²) in [4.78, 5) is 8.62. The lowest BCUT2D eigenvalue weighted by Gasteiger charge is -2.15. The van der Waals surface area contributed by atoms with Crippen LogP contribution in [0.4, 0.5) is 14.7 Å². The molecule has 1 N–H and O–H groups in total. The zero-order valence-electron chi connectivity index (χ0n) is 12.1. The van der Waals surface area contributed by atoms with E-state index in [9.17, 15) is 8.78 Å². The SMILES string of the molecule is Cc1cc(C)nc(NC(C)c2ccc(OC(F)F)cc2)n1. The fourth-order valence-electron chi connectivity index (χ4n) is 2.01. The summed E-state index contributed by atoms with van der Waals surface area (Å²) in [7, 11) is 0. The average molecular weight is 293 g/mol. The molecule has 0 saturated carbocycles. The lowest BCUT2D eigenvalue weighted by molar-refractivity contribution is -0.0498. The zero-order chi connectivity index (χ0) is 15.4. The normalized spacial score (nSPS) is 12.3. The zero-order valence-corrected chi connectivity index (χ0v) is 12.1. The van der Waals surface area contributed by atoms with Gasteiger partial charge in [0.05, 0.1) is 6.04 Å². The van der Waals surface area contributed by atoms with Gasteiger partial charge in [0.2, 0.25) is 5.95 Å². The number of nitrogens with one attached hydrogen (secondary N) is 1. The second-order valence-corrected chi connectivity index (χ2v) is 4.79. The molecule has 1 aromatic heterocycles. The monoisotopic (exact) mass is 293 g/mol. The quantitative estimate of drug-likeness (QED) is 0.909. The lowest BCUT2D eigenvalue weighted by Crippen LogP contribution is -2.10. The van der Waals surface area contributed by atoms with Gasteiger partial charge in [0.25, 0.3) is 0 Å². The van der Waals surface area contributed by atoms with Crippen LogP contribution in [0.5, 0.6) is 5.75 Å². The fourth-order valence-corrected chi connectivity index (χ4v) is 2.01. The predicted molar refractivity (Wildman–Crippen MR) is 76.6 cm³/mol. The van der Waals surface area contributed by atoms with E-state index >= 15 is 0 Å². The molecule has 21 heavy (non-hydrogen) atoms. The third-order valence-corrected chi connectivity index (χ3v) is 2.93. The molecule has 0 aliphatic rings. The van der Waals surface area contributed by atoms with Gasteiger partial charge < -0.3 is 10.1 Å². The van der Waals surface area contributed by atoms with E-state index in [-0.39, 0.29) is 11.8 Å². The molecule has 0 amide bonds. The molecule has 0 bridgehead atoms. The second-order valence-electron chi connectivity index (χ2n) is 4.79. The smallest absolute Gasteiger partial charge is 0.387 e. The Labute approximate surface area is 122 Å². The summed E-state index contributed by atoms with van der Waals surface area (Å²) in [5.41, 5.74) is 2.70. The summed E-state index contributed by atoms with van der Waals surface area (Å²) in [6.07, 6.45) is 0. The molecule has 2 aromatic rings. The molecular formula is C15H17F2N3O. The Kier molecular flexibility index (Phi) is 4.67. The molecule has 0 radical (unpaired) electrons. The van der Waals surface area contributed by atoms with Gasteiger partial charge in [-0.05, 0) is 44.5 Å². The van der Waals surface area contributed by atoms with Crippen molar-refractivity contribution in [3.8, 4) is 5.75 Å². The van der Waals surface area contributed by atoms with Crippen molar-refractivity contribution < 1.29 is 13.5 Å². The summed E-state index contributed by atoms with van der Waals surface area (Å²) in [5.74, 6) is 0.691.